The highest BCUT2D eigenvalue weighted by molar-refractivity contribution is 6.30. The van der Waals surface area contributed by atoms with Crippen LogP contribution < -0.4 is 5.32 Å². The summed E-state index contributed by atoms with van der Waals surface area (Å²) < 4.78 is 13.8. The van der Waals surface area contributed by atoms with Gasteiger partial charge in [-0.05, 0) is 61.1 Å². The fourth-order valence-electron chi connectivity index (χ4n) is 4.82. The van der Waals surface area contributed by atoms with Crippen LogP contribution in [0.1, 0.15) is 49.7 Å². The summed E-state index contributed by atoms with van der Waals surface area (Å²) >= 11 is 5.97. The van der Waals surface area contributed by atoms with Crippen molar-refractivity contribution in [3.05, 3.63) is 70.5 Å². The van der Waals surface area contributed by atoms with Gasteiger partial charge in [-0.2, -0.15) is 0 Å². The van der Waals surface area contributed by atoms with Gasteiger partial charge in [0, 0.05) is 30.7 Å². The van der Waals surface area contributed by atoms with E-state index >= 15 is 0 Å². The van der Waals surface area contributed by atoms with Crippen LogP contribution in [0.2, 0.25) is 5.02 Å². The molecule has 1 aliphatic heterocycles. The first-order valence-electron chi connectivity index (χ1n) is 10.6. The zero-order valence-corrected chi connectivity index (χ0v) is 17.4. The Morgan fingerprint density at radius 3 is 2.45 bits per heavy atom. The van der Waals surface area contributed by atoms with E-state index in [0.717, 1.165) is 68.7 Å². The van der Waals surface area contributed by atoms with Crippen molar-refractivity contribution in [1.82, 2.24) is 10.2 Å². The zero-order chi connectivity index (χ0) is 20.3. The van der Waals surface area contributed by atoms with Crippen LogP contribution >= 0.6 is 11.6 Å². The summed E-state index contributed by atoms with van der Waals surface area (Å²) in [5.41, 5.74) is 1.52. The second-order valence-electron chi connectivity index (χ2n) is 8.45. The standard InChI is InChI=1S/C24H28ClFN2O/c25-20-8-6-18(7-9-20)17-28-14-10-22(11-15-28)27-23(29)24(12-1-2-13-24)19-4-3-5-21(26)16-19/h3-9,16,22H,1-2,10-15,17H2,(H,27,29). The monoisotopic (exact) mass is 414 g/mol. The smallest absolute Gasteiger partial charge is 0.230 e. The van der Waals surface area contributed by atoms with Gasteiger partial charge in [-0.3, -0.25) is 9.69 Å². The maximum atomic E-state index is 13.8. The van der Waals surface area contributed by atoms with Crippen LogP contribution in [0.4, 0.5) is 4.39 Å². The van der Waals surface area contributed by atoms with Gasteiger partial charge in [-0.25, -0.2) is 4.39 Å². The lowest BCUT2D eigenvalue weighted by atomic mass is 9.77. The van der Waals surface area contributed by atoms with E-state index in [1.54, 1.807) is 12.1 Å². The van der Waals surface area contributed by atoms with Crippen LogP contribution in [0.3, 0.4) is 0 Å². The molecule has 5 heteroatoms. The number of carbonyl (C=O) groups is 1. The van der Waals surface area contributed by atoms with Crippen molar-refractivity contribution in [2.24, 2.45) is 0 Å². The molecule has 0 unspecified atom stereocenters. The second kappa shape index (κ2) is 8.85. The van der Waals surface area contributed by atoms with E-state index in [0.29, 0.717) is 0 Å². The van der Waals surface area contributed by atoms with Gasteiger partial charge in [0.05, 0.1) is 5.41 Å². The van der Waals surface area contributed by atoms with E-state index in [1.165, 1.54) is 11.6 Å². The minimum Gasteiger partial charge on any atom is -0.353 e. The Labute approximate surface area is 177 Å². The topological polar surface area (TPSA) is 32.3 Å². The molecule has 2 fully saturated rings. The van der Waals surface area contributed by atoms with Gasteiger partial charge in [0.15, 0.2) is 0 Å². The summed E-state index contributed by atoms with van der Waals surface area (Å²) in [5.74, 6) is -0.186. The average Bonchev–Trinajstić information content (AvgIpc) is 3.23. The van der Waals surface area contributed by atoms with Crippen molar-refractivity contribution in [2.45, 2.75) is 56.5 Å². The molecule has 2 aliphatic rings. The number of carbonyl (C=O) groups excluding carboxylic acids is 1. The minimum absolute atomic E-state index is 0.0803. The lowest BCUT2D eigenvalue weighted by Gasteiger charge is -2.35. The first kappa shape index (κ1) is 20.4. The lowest BCUT2D eigenvalue weighted by molar-refractivity contribution is -0.127. The third kappa shape index (κ3) is 4.65. The summed E-state index contributed by atoms with van der Waals surface area (Å²) in [4.78, 5) is 15.7. The van der Waals surface area contributed by atoms with Gasteiger partial charge in [0.25, 0.3) is 0 Å². The number of piperidine rings is 1. The van der Waals surface area contributed by atoms with Crippen LogP contribution in [-0.2, 0) is 16.8 Å². The number of nitrogens with zero attached hydrogens (tertiary/aromatic N) is 1. The fourth-order valence-corrected chi connectivity index (χ4v) is 4.94. The highest BCUT2D eigenvalue weighted by atomic mass is 35.5. The van der Waals surface area contributed by atoms with Gasteiger partial charge in [-0.15, -0.1) is 0 Å². The van der Waals surface area contributed by atoms with Crippen molar-refractivity contribution in [2.75, 3.05) is 13.1 Å². The number of nitrogens with one attached hydrogen (secondary N) is 1. The van der Waals surface area contributed by atoms with E-state index in [9.17, 15) is 9.18 Å². The lowest BCUT2D eigenvalue weighted by Crippen LogP contribution is -2.50. The van der Waals surface area contributed by atoms with Gasteiger partial charge in [0.2, 0.25) is 5.91 Å². The zero-order valence-electron chi connectivity index (χ0n) is 16.7. The number of hydrogen-bond acceptors (Lipinski definition) is 2. The Morgan fingerprint density at radius 1 is 1.10 bits per heavy atom. The van der Waals surface area contributed by atoms with E-state index in [-0.39, 0.29) is 17.8 Å². The Morgan fingerprint density at radius 2 is 1.79 bits per heavy atom. The molecule has 154 valence electrons. The highest BCUT2D eigenvalue weighted by Gasteiger charge is 2.43. The Hall–Kier alpha value is -1.91. The predicted molar refractivity (Wildman–Crippen MR) is 114 cm³/mol. The third-order valence-corrected chi connectivity index (χ3v) is 6.76. The molecular formula is C24H28ClFN2O. The van der Waals surface area contributed by atoms with Crippen LogP contribution in [0, 0.1) is 5.82 Å². The summed E-state index contributed by atoms with van der Waals surface area (Å²) in [5, 5.41) is 4.06. The molecule has 0 bridgehead atoms. The quantitative estimate of drug-likeness (QED) is 0.740. The molecule has 0 radical (unpaired) electrons. The maximum Gasteiger partial charge on any atom is 0.230 e. The predicted octanol–water partition coefficient (Wildman–Crippen LogP) is 5.07. The SMILES string of the molecule is O=C(NC1CCN(Cc2ccc(Cl)cc2)CC1)C1(c2cccc(F)c2)CCCC1. The molecule has 2 aromatic carbocycles. The second-order valence-corrected chi connectivity index (χ2v) is 8.89. The largest absolute Gasteiger partial charge is 0.353 e. The summed E-state index contributed by atoms with van der Waals surface area (Å²) in [7, 11) is 0. The number of likely N-dealkylation sites (tertiary alicyclic amines) is 1. The van der Waals surface area contributed by atoms with Crippen molar-refractivity contribution in [3.8, 4) is 0 Å². The fraction of sp³-hybridized carbons (Fsp3) is 0.458. The van der Waals surface area contributed by atoms with E-state index in [2.05, 4.69) is 22.3 Å². The van der Waals surface area contributed by atoms with Gasteiger partial charge in [-0.1, -0.05) is 48.7 Å². The molecule has 2 aromatic rings. The number of hydrogen-bond donors (Lipinski definition) is 1. The molecule has 29 heavy (non-hydrogen) atoms. The molecule has 3 nitrogen and oxygen atoms in total. The van der Waals surface area contributed by atoms with Crippen LogP contribution in [0.5, 0.6) is 0 Å². The number of halogens is 2. The average molecular weight is 415 g/mol. The first-order chi connectivity index (χ1) is 14.0. The highest BCUT2D eigenvalue weighted by Crippen LogP contribution is 2.41. The Kier molecular flexibility index (Phi) is 6.21. The van der Waals surface area contributed by atoms with Gasteiger partial charge in [0.1, 0.15) is 5.82 Å². The number of amides is 1. The molecule has 1 amide bonds. The van der Waals surface area contributed by atoms with E-state index in [4.69, 9.17) is 11.6 Å². The van der Waals surface area contributed by atoms with Crippen LogP contribution in [0.15, 0.2) is 48.5 Å². The summed E-state index contributed by atoms with van der Waals surface area (Å²) in [6, 6.07) is 14.8. The van der Waals surface area contributed by atoms with Crippen molar-refractivity contribution in [1.29, 1.82) is 0 Å². The Bertz CT molecular complexity index is 840. The van der Waals surface area contributed by atoms with E-state index < -0.39 is 5.41 Å². The number of benzene rings is 2. The molecule has 1 aliphatic carbocycles. The molecule has 0 atom stereocenters. The number of rotatable bonds is 5. The summed E-state index contributed by atoms with van der Waals surface area (Å²) in [6.07, 6.45) is 5.53. The van der Waals surface area contributed by atoms with Crippen LogP contribution in [-0.4, -0.2) is 29.9 Å². The summed E-state index contributed by atoms with van der Waals surface area (Å²) in [6.45, 7) is 2.83. The molecule has 1 heterocycles. The van der Waals surface area contributed by atoms with Crippen LogP contribution in [0.25, 0.3) is 0 Å². The minimum atomic E-state index is -0.567. The first-order valence-corrected chi connectivity index (χ1v) is 11.0. The molecular weight excluding hydrogens is 387 g/mol. The molecule has 1 saturated carbocycles. The molecule has 1 saturated heterocycles. The van der Waals surface area contributed by atoms with Crippen molar-refractivity contribution in [3.63, 3.8) is 0 Å². The normalized spacial score (nSPS) is 19.9. The third-order valence-electron chi connectivity index (χ3n) is 6.51. The molecule has 0 spiro atoms. The molecule has 1 N–H and O–H groups in total. The maximum absolute atomic E-state index is 13.8. The molecule has 4 rings (SSSR count). The van der Waals surface area contributed by atoms with Crippen molar-refractivity contribution < 1.29 is 9.18 Å². The van der Waals surface area contributed by atoms with Gasteiger partial charge < -0.3 is 5.32 Å². The van der Waals surface area contributed by atoms with Gasteiger partial charge >= 0.3 is 0 Å². The molecule has 0 aromatic heterocycles. The van der Waals surface area contributed by atoms with E-state index in [1.807, 2.05) is 18.2 Å². The van der Waals surface area contributed by atoms with Crippen molar-refractivity contribution >= 4 is 17.5 Å². The Balaban J connectivity index is 1.35.